The van der Waals surface area contributed by atoms with E-state index in [9.17, 15) is 9.59 Å². The van der Waals surface area contributed by atoms with Crippen LogP contribution in [0.25, 0.3) is 0 Å². The van der Waals surface area contributed by atoms with Crippen LogP contribution in [-0.4, -0.2) is 38.6 Å². The molecule has 1 aliphatic heterocycles. The summed E-state index contributed by atoms with van der Waals surface area (Å²) < 4.78 is 5.09. The van der Waals surface area contributed by atoms with Gasteiger partial charge in [0, 0.05) is 51.1 Å². The van der Waals surface area contributed by atoms with Gasteiger partial charge in [-0.05, 0) is 48.6 Å². The van der Waals surface area contributed by atoms with Crippen molar-refractivity contribution in [2.75, 3.05) is 37.0 Å². The first kappa shape index (κ1) is 25.8. The van der Waals surface area contributed by atoms with E-state index in [4.69, 9.17) is 4.74 Å². The number of hydrogen-bond donors (Lipinski definition) is 2. The summed E-state index contributed by atoms with van der Waals surface area (Å²) in [5.41, 5.74) is 4.82. The Kier molecular flexibility index (Phi) is 10.4. The van der Waals surface area contributed by atoms with Crippen molar-refractivity contribution < 1.29 is 14.3 Å². The molecule has 0 bridgehead atoms. The average molecular weight is 466 g/mol. The third-order valence-corrected chi connectivity index (χ3v) is 6.31. The monoisotopic (exact) mass is 465 g/mol. The molecule has 0 unspecified atom stereocenters. The second-order valence-electron chi connectivity index (χ2n) is 8.99. The molecule has 1 heterocycles. The number of anilines is 2. The summed E-state index contributed by atoms with van der Waals surface area (Å²) in [4.78, 5) is 27.8. The van der Waals surface area contributed by atoms with Crippen molar-refractivity contribution in [3.8, 4) is 0 Å². The van der Waals surface area contributed by atoms with Gasteiger partial charge in [0.25, 0.3) is 5.91 Å². The number of hydrogen-bond acceptors (Lipinski definition) is 4. The maximum absolute atomic E-state index is 13.1. The Balaban J connectivity index is 1.72. The Labute approximate surface area is 204 Å². The SMILES string of the molecule is CCCCCCCC(=O)Nc1ccc(N2CCc3ccccc3C2)c(C(=O)NCCCOC)c1. The van der Waals surface area contributed by atoms with E-state index in [0.717, 1.165) is 44.5 Å². The standard InChI is InChI=1S/C28H39N3O3/c1-3-4-5-6-7-13-27(32)30-24-14-15-26(25(20-24)28(33)29-17-10-19-34-2)31-18-16-22-11-8-9-12-23(22)21-31/h8-9,11-12,14-15,20H,3-7,10,13,16-19,21H2,1-2H3,(H,29,33)(H,30,32). The smallest absolute Gasteiger partial charge is 0.253 e. The number of amides is 2. The minimum absolute atomic E-state index is 0.00241. The van der Waals surface area contributed by atoms with Gasteiger partial charge in [0.2, 0.25) is 5.91 Å². The van der Waals surface area contributed by atoms with E-state index in [-0.39, 0.29) is 11.8 Å². The predicted octanol–water partition coefficient (Wildman–Crippen LogP) is 5.31. The van der Waals surface area contributed by atoms with Crippen molar-refractivity contribution >= 4 is 23.2 Å². The highest BCUT2D eigenvalue weighted by Crippen LogP contribution is 2.29. The highest BCUT2D eigenvalue weighted by Gasteiger charge is 2.22. The Morgan fingerprint density at radius 1 is 1.00 bits per heavy atom. The fraction of sp³-hybridized carbons (Fsp3) is 0.500. The molecule has 2 amide bonds. The van der Waals surface area contributed by atoms with Gasteiger partial charge in [0.15, 0.2) is 0 Å². The molecule has 6 nitrogen and oxygen atoms in total. The summed E-state index contributed by atoms with van der Waals surface area (Å²) in [6.07, 6.45) is 7.75. The lowest BCUT2D eigenvalue weighted by Crippen LogP contribution is -2.33. The van der Waals surface area contributed by atoms with Crippen LogP contribution in [0.3, 0.4) is 0 Å². The van der Waals surface area contributed by atoms with E-state index < -0.39 is 0 Å². The van der Waals surface area contributed by atoms with Gasteiger partial charge in [-0.2, -0.15) is 0 Å². The van der Waals surface area contributed by atoms with E-state index in [0.29, 0.717) is 30.8 Å². The Morgan fingerprint density at radius 2 is 1.79 bits per heavy atom. The van der Waals surface area contributed by atoms with Crippen molar-refractivity contribution in [2.24, 2.45) is 0 Å². The number of fused-ring (bicyclic) bond motifs is 1. The van der Waals surface area contributed by atoms with Gasteiger partial charge in [0.1, 0.15) is 0 Å². The molecule has 6 heteroatoms. The zero-order chi connectivity index (χ0) is 24.2. The molecular formula is C28H39N3O3. The fourth-order valence-electron chi connectivity index (χ4n) is 4.40. The minimum atomic E-state index is -0.124. The summed E-state index contributed by atoms with van der Waals surface area (Å²) in [7, 11) is 1.66. The molecule has 0 fully saturated rings. The average Bonchev–Trinajstić information content (AvgIpc) is 2.86. The van der Waals surface area contributed by atoms with Crippen molar-refractivity contribution in [1.82, 2.24) is 5.32 Å². The molecule has 2 aromatic rings. The van der Waals surface area contributed by atoms with Gasteiger partial charge in [0.05, 0.1) is 5.56 Å². The van der Waals surface area contributed by atoms with E-state index in [2.05, 4.69) is 46.7 Å². The highest BCUT2D eigenvalue weighted by molar-refractivity contribution is 6.02. The molecule has 0 saturated carbocycles. The van der Waals surface area contributed by atoms with Gasteiger partial charge >= 0.3 is 0 Å². The van der Waals surface area contributed by atoms with E-state index >= 15 is 0 Å². The van der Waals surface area contributed by atoms with Crippen LogP contribution in [0.1, 0.15) is 73.4 Å². The number of ether oxygens (including phenoxy) is 1. The van der Waals surface area contributed by atoms with E-state index in [1.54, 1.807) is 7.11 Å². The van der Waals surface area contributed by atoms with Crippen molar-refractivity contribution in [1.29, 1.82) is 0 Å². The molecule has 2 aromatic carbocycles. The van der Waals surface area contributed by atoms with Gasteiger partial charge in [-0.1, -0.05) is 56.9 Å². The third kappa shape index (κ3) is 7.59. The van der Waals surface area contributed by atoms with Crippen molar-refractivity contribution in [2.45, 2.75) is 64.8 Å². The normalized spacial score (nSPS) is 12.8. The lowest BCUT2D eigenvalue weighted by Gasteiger charge is -2.32. The Morgan fingerprint density at radius 3 is 2.59 bits per heavy atom. The minimum Gasteiger partial charge on any atom is -0.385 e. The quantitative estimate of drug-likeness (QED) is 0.393. The molecule has 1 aliphatic rings. The zero-order valence-corrected chi connectivity index (χ0v) is 20.7. The van der Waals surface area contributed by atoms with Gasteiger partial charge in [-0.15, -0.1) is 0 Å². The molecule has 34 heavy (non-hydrogen) atoms. The fourth-order valence-corrected chi connectivity index (χ4v) is 4.40. The van der Waals surface area contributed by atoms with Gasteiger partial charge in [-0.3, -0.25) is 9.59 Å². The molecular weight excluding hydrogens is 426 g/mol. The Bertz CT molecular complexity index is 944. The molecule has 2 N–H and O–H groups in total. The van der Waals surface area contributed by atoms with Crippen molar-refractivity contribution in [3.05, 3.63) is 59.2 Å². The zero-order valence-electron chi connectivity index (χ0n) is 20.7. The van der Waals surface area contributed by atoms with Gasteiger partial charge < -0.3 is 20.3 Å². The first-order chi connectivity index (χ1) is 16.6. The molecule has 3 rings (SSSR count). The molecule has 0 aromatic heterocycles. The van der Waals surface area contributed by atoms with Crippen LogP contribution in [0.2, 0.25) is 0 Å². The number of methoxy groups -OCH3 is 1. The van der Waals surface area contributed by atoms with Crippen LogP contribution in [0.5, 0.6) is 0 Å². The molecule has 184 valence electrons. The predicted molar refractivity (Wildman–Crippen MR) is 138 cm³/mol. The summed E-state index contributed by atoms with van der Waals surface area (Å²) in [5, 5.41) is 6.00. The lowest BCUT2D eigenvalue weighted by atomic mass is 9.98. The van der Waals surface area contributed by atoms with Crippen molar-refractivity contribution in [3.63, 3.8) is 0 Å². The number of nitrogens with one attached hydrogen (secondary N) is 2. The largest absolute Gasteiger partial charge is 0.385 e. The number of nitrogens with zero attached hydrogens (tertiary/aromatic N) is 1. The number of carbonyl (C=O) groups excluding carboxylic acids is 2. The Hall–Kier alpha value is -2.86. The second-order valence-corrected chi connectivity index (χ2v) is 8.99. The van der Waals surface area contributed by atoms with Crippen LogP contribution in [0.15, 0.2) is 42.5 Å². The van der Waals surface area contributed by atoms with Gasteiger partial charge in [-0.25, -0.2) is 0 Å². The first-order valence-corrected chi connectivity index (χ1v) is 12.6. The number of unbranched alkanes of at least 4 members (excludes halogenated alkanes) is 4. The van der Waals surface area contributed by atoms with Crippen LogP contribution >= 0.6 is 0 Å². The van der Waals surface area contributed by atoms with Crippen LogP contribution in [0.4, 0.5) is 11.4 Å². The number of carbonyl (C=O) groups is 2. The summed E-state index contributed by atoms with van der Waals surface area (Å²) >= 11 is 0. The molecule has 0 spiro atoms. The summed E-state index contributed by atoms with van der Waals surface area (Å²) in [5.74, 6) is -0.122. The van der Waals surface area contributed by atoms with E-state index in [1.165, 1.54) is 30.4 Å². The topological polar surface area (TPSA) is 70.7 Å². The van der Waals surface area contributed by atoms with Crippen LogP contribution in [0, 0.1) is 0 Å². The molecule has 0 radical (unpaired) electrons. The van der Waals surface area contributed by atoms with E-state index in [1.807, 2.05) is 18.2 Å². The summed E-state index contributed by atoms with van der Waals surface area (Å²) in [6.45, 7) is 4.95. The second kappa shape index (κ2) is 13.8. The number of benzene rings is 2. The highest BCUT2D eigenvalue weighted by atomic mass is 16.5. The molecule has 0 aliphatic carbocycles. The lowest BCUT2D eigenvalue weighted by molar-refractivity contribution is -0.116. The maximum atomic E-state index is 13.1. The maximum Gasteiger partial charge on any atom is 0.253 e. The van der Waals surface area contributed by atoms with Crippen LogP contribution in [-0.2, 0) is 22.5 Å². The van der Waals surface area contributed by atoms with Crippen LogP contribution < -0.4 is 15.5 Å². The first-order valence-electron chi connectivity index (χ1n) is 12.6. The third-order valence-electron chi connectivity index (χ3n) is 6.31. The molecule has 0 saturated heterocycles. The molecule has 0 atom stereocenters. The summed E-state index contributed by atoms with van der Waals surface area (Å²) in [6, 6.07) is 14.2. The number of rotatable bonds is 13.